The highest BCUT2D eigenvalue weighted by atomic mass is 19.1. The highest BCUT2D eigenvalue weighted by Crippen LogP contribution is 2.41. The number of alkyl halides is 2. The van der Waals surface area contributed by atoms with Gasteiger partial charge in [-0.1, -0.05) is 38.5 Å². The molecule has 2 saturated carbocycles. The Kier molecular flexibility index (Phi) is 9.07. The van der Waals surface area contributed by atoms with E-state index in [1.807, 2.05) is 0 Å². The normalized spacial score (nSPS) is 32.2. The average molecular weight is 340 g/mol. The van der Waals surface area contributed by atoms with Gasteiger partial charge >= 0.3 is 0 Å². The third-order valence-corrected chi connectivity index (χ3v) is 6.67. The summed E-state index contributed by atoms with van der Waals surface area (Å²) in [5, 5.41) is 9.64. The van der Waals surface area contributed by atoms with Gasteiger partial charge in [0.25, 0.3) is 0 Å². The fourth-order valence-corrected chi connectivity index (χ4v) is 5.08. The van der Waals surface area contributed by atoms with Gasteiger partial charge in [0.05, 0.1) is 19.4 Å². The molecule has 138 valence electrons. The van der Waals surface area contributed by atoms with E-state index < -0.39 is 0 Å². The fourth-order valence-electron chi connectivity index (χ4n) is 5.08. The zero-order chi connectivity index (χ0) is 17.2. The average Bonchev–Trinajstić information content (AvgIpc) is 2.64. The van der Waals surface area contributed by atoms with E-state index in [4.69, 9.17) is 0 Å². The molecular weight excluding hydrogens is 304 g/mol. The van der Waals surface area contributed by atoms with E-state index in [1.54, 1.807) is 0 Å². The second-order valence-corrected chi connectivity index (χ2v) is 8.30. The zero-order valence-corrected chi connectivity index (χ0v) is 15.2. The minimum atomic E-state index is -0.186. The van der Waals surface area contributed by atoms with Gasteiger partial charge < -0.3 is 0 Å². The van der Waals surface area contributed by atoms with Crippen molar-refractivity contribution in [1.29, 1.82) is 5.26 Å². The maximum Gasteiger partial charge on any atom is 0.0894 e. The van der Waals surface area contributed by atoms with E-state index in [9.17, 15) is 14.0 Å². The molecule has 1 unspecified atom stereocenters. The fraction of sp³-hybridized carbons (Fsp3) is 0.952. The van der Waals surface area contributed by atoms with E-state index in [0.717, 1.165) is 31.6 Å². The molecule has 2 aliphatic rings. The summed E-state index contributed by atoms with van der Waals surface area (Å²) < 4.78 is 24.6. The minimum absolute atomic E-state index is 0.176. The van der Waals surface area contributed by atoms with E-state index >= 15 is 0 Å². The van der Waals surface area contributed by atoms with Gasteiger partial charge in [0.2, 0.25) is 0 Å². The molecule has 3 heteroatoms. The standard InChI is InChI=1S/C21H35F2N/c22-13-1-3-17-5-7-19(8-6-17)15-21(16-24)20-11-9-18(10-12-20)4-2-14-23/h17-21H,1-15H2. The summed E-state index contributed by atoms with van der Waals surface area (Å²) in [7, 11) is 0. The van der Waals surface area contributed by atoms with Crippen molar-refractivity contribution < 1.29 is 8.78 Å². The van der Waals surface area contributed by atoms with Crippen molar-refractivity contribution in [2.24, 2.45) is 29.6 Å². The molecule has 1 nitrogen and oxygen atoms in total. The Morgan fingerprint density at radius 1 is 0.750 bits per heavy atom. The Labute approximate surface area is 147 Å². The molecule has 0 bridgehead atoms. The van der Waals surface area contributed by atoms with Crippen molar-refractivity contribution in [3.8, 4) is 6.07 Å². The number of halogens is 2. The van der Waals surface area contributed by atoms with Crippen LogP contribution in [-0.4, -0.2) is 13.3 Å². The lowest BCUT2D eigenvalue weighted by atomic mass is 9.70. The molecule has 2 fully saturated rings. The maximum absolute atomic E-state index is 12.3. The second-order valence-electron chi connectivity index (χ2n) is 8.30. The molecule has 0 amide bonds. The van der Waals surface area contributed by atoms with Crippen LogP contribution in [0.4, 0.5) is 8.78 Å². The lowest BCUT2D eigenvalue weighted by Gasteiger charge is -2.34. The first-order chi connectivity index (χ1) is 11.8. The van der Waals surface area contributed by atoms with Gasteiger partial charge in [0.1, 0.15) is 0 Å². The Morgan fingerprint density at radius 3 is 1.67 bits per heavy atom. The molecule has 0 N–H and O–H groups in total. The Morgan fingerprint density at radius 2 is 1.21 bits per heavy atom. The molecular formula is C21H35F2N. The Bertz CT molecular complexity index is 363. The molecule has 0 aromatic carbocycles. The van der Waals surface area contributed by atoms with Crippen molar-refractivity contribution in [3.63, 3.8) is 0 Å². The lowest BCUT2D eigenvalue weighted by Crippen LogP contribution is -2.24. The van der Waals surface area contributed by atoms with Gasteiger partial charge in [-0.05, 0) is 68.6 Å². The number of hydrogen-bond donors (Lipinski definition) is 0. The van der Waals surface area contributed by atoms with Gasteiger partial charge in [-0.25, -0.2) is 0 Å². The van der Waals surface area contributed by atoms with Crippen LogP contribution in [0.2, 0.25) is 0 Å². The quantitative estimate of drug-likeness (QED) is 0.462. The smallest absolute Gasteiger partial charge is 0.0894 e. The van der Waals surface area contributed by atoms with Crippen LogP contribution >= 0.6 is 0 Å². The molecule has 0 aliphatic heterocycles. The molecule has 0 saturated heterocycles. The third-order valence-electron chi connectivity index (χ3n) is 6.67. The van der Waals surface area contributed by atoms with Gasteiger partial charge in [0, 0.05) is 5.92 Å². The third kappa shape index (κ3) is 6.34. The van der Waals surface area contributed by atoms with Crippen LogP contribution in [0, 0.1) is 40.9 Å². The summed E-state index contributed by atoms with van der Waals surface area (Å²) in [5.41, 5.74) is 0. The van der Waals surface area contributed by atoms with Crippen LogP contribution in [-0.2, 0) is 0 Å². The molecule has 0 heterocycles. The first kappa shape index (κ1) is 19.7. The van der Waals surface area contributed by atoms with Gasteiger partial charge in [-0.2, -0.15) is 5.26 Å². The molecule has 0 aromatic heterocycles. The lowest BCUT2D eigenvalue weighted by molar-refractivity contribution is 0.175. The molecule has 2 aliphatic carbocycles. The van der Waals surface area contributed by atoms with Crippen molar-refractivity contribution in [2.45, 2.75) is 83.5 Å². The SMILES string of the molecule is N#CC(CC1CCC(CCCF)CC1)C1CCC(CCCF)CC1. The molecule has 24 heavy (non-hydrogen) atoms. The molecule has 1 atom stereocenters. The predicted octanol–water partition coefficient (Wildman–Crippen LogP) is 6.63. The number of rotatable bonds is 9. The molecule has 2 rings (SSSR count). The van der Waals surface area contributed by atoms with Crippen molar-refractivity contribution in [1.82, 2.24) is 0 Å². The summed E-state index contributed by atoms with van der Waals surface area (Å²) >= 11 is 0. The largest absolute Gasteiger partial charge is 0.251 e. The minimum Gasteiger partial charge on any atom is -0.251 e. The van der Waals surface area contributed by atoms with Crippen LogP contribution in [0.3, 0.4) is 0 Å². The summed E-state index contributed by atoms with van der Waals surface area (Å²) in [6, 6.07) is 2.61. The summed E-state index contributed by atoms with van der Waals surface area (Å²) in [5.74, 6) is 2.92. The van der Waals surface area contributed by atoms with Gasteiger partial charge in [-0.15, -0.1) is 0 Å². The maximum atomic E-state index is 12.3. The van der Waals surface area contributed by atoms with Crippen LogP contribution < -0.4 is 0 Å². The van der Waals surface area contributed by atoms with Crippen molar-refractivity contribution in [2.75, 3.05) is 13.3 Å². The monoisotopic (exact) mass is 339 g/mol. The first-order valence-electron chi connectivity index (χ1n) is 10.3. The number of nitrogens with zero attached hydrogens (tertiary/aromatic N) is 1. The van der Waals surface area contributed by atoms with E-state index in [2.05, 4.69) is 6.07 Å². The van der Waals surface area contributed by atoms with Gasteiger partial charge in [0.15, 0.2) is 0 Å². The van der Waals surface area contributed by atoms with Gasteiger partial charge in [-0.3, -0.25) is 8.78 Å². The Hall–Kier alpha value is -0.650. The first-order valence-corrected chi connectivity index (χ1v) is 10.3. The number of nitriles is 1. The molecule has 0 aromatic rings. The zero-order valence-electron chi connectivity index (χ0n) is 15.2. The molecule has 0 radical (unpaired) electrons. The van der Waals surface area contributed by atoms with E-state index in [1.165, 1.54) is 51.4 Å². The van der Waals surface area contributed by atoms with Crippen LogP contribution in [0.1, 0.15) is 83.5 Å². The number of hydrogen-bond acceptors (Lipinski definition) is 1. The van der Waals surface area contributed by atoms with Crippen molar-refractivity contribution >= 4 is 0 Å². The van der Waals surface area contributed by atoms with Crippen LogP contribution in [0.15, 0.2) is 0 Å². The van der Waals surface area contributed by atoms with Crippen molar-refractivity contribution in [3.05, 3.63) is 0 Å². The summed E-state index contributed by atoms with van der Waals surface area (Å²) in [6.45, 7) is -0.362. The summed E-state index contributed by atoms with van der Waals surface area (Å²) in [6.07, 6.45) is 14.3. The van der Waals surface area contributed by atoms with Crippen LogP contribution in [0.5, 0.6) is 0 Å². The topological polar surface area (TPSA) is 23.8 Å². The molecule has 0 spiro atoms. The summed E-state index contributed by atoms with van der Waals surface area (Å²) in [4.78, 5) is 0. The van der Waals surface area contributed by atoms with E-state index in [-0.39, 0.29) is 19.3 Å². The highest BCUT2D eigenvalue weighted by molar-refractivity contribution is 4.92. The Balaban J connectivity index is 1.69. The highest BCUT2D eigenvalue weighted by Gasteiger charge is 2.30. The van der Waals surface area contributed by atoms with E-state index in [0.29, 0.717) is 24.2 Å². The predicted molar refractivity (Wildman–Crippen MR) is 95.0 cm³/mol. The van der Waals surface area contributed by atoms with Crippen LogP contribution in [0.25, 0.3) is 0 Å². The second kappa shape index (κ2) is 11.1.